The smallest absolute Gasteiger partial charge is 0.265 e. The summed E-state index contributed by atoms with van der Waals surface area (Å²) < 4.78 is 41.3. The molecule has 1 aromatic carbocycles. The molecule has 0 unspecified atom stereocenters. The number of anilines is 1. The monoisotopic (exact) mass is 515 g/mol. The molecular formula is C25H33N5O5S. The summed E-state index contributed by atoms with van der Waals surface area (Å²) in [6, 6.07) is 3.72. The number of nitrogens with zero attached hydrogens (tertiary/aromatic N) is 4. The minimum Gasteiger partial charge on any atom is -0.493 e. The third kappa shape index (κ3) is 5.73. The summed E-state index contributed by atoms with van der Waals surface area (Å²) in [4.78, 5) is 16.2. The van der Waals surface area contributed by atoms with Crippen LogP contribution in [-0.4, -0.2) is 79.2 Å². The number of oxazole rings is 1. The van der Waals surface area contributed by atoms with E-state index < -0.39 is 9.84 Å². The van der Waals surface area contributed by atoms with E-state index in [4.69, 9.17) is 23.9 Å². The zero-order valence-corrected chi connectivity index (χ0v) is 21.6. The van der Waals surface area contributed by atoms with Crippen molar-refractivity contribution in [3.8, 4) is 23.2 Å². The molecule has 2 fully saturated rings. The number of aromatic nitrogens is 3. The van der Waals surface area contributed by atoms with E-state index in [9.17, 15) is 8.42 Å². The van der Waals surface area contributed by atoms with Crippen LogP contribution in [0.5, 0.6) is 11.5 Å². The van der Waals surface area contributed by atoms with Gasteiger partial charge in [0.1, 0.15) is 21.4 Å². The van der Waals surface area contributed by atoms with Gasteiger partial charge in [0.2, 0.25) is 5.82 Å². The van der Waals surface area contributed by atoms with Gasteiger partial charge in [0.25, 0.3) is 5.89 Å². The molecule has 0 aliphatic carbocycles. The van der Waals surface area contributed by atoms with E-state index in [0.29, 0.717) is 59.8 Å². The SMILES string of the molecule is COc1cc2c(NC3CCS(=O)(=O)CC3)nc(-c3ncc(C)o3)nc2cc1OCCCN1CCCC1. The van der Waals surface area contributed by atoms with Crippen LogP contribution in [0.15, 0.2) is 22.7 Å². The van der Waals surface area contributed by atoms with Crippen LogP contribution in [0, 0.1) is 6.92 Å². The van der Waals surface area contributed by atoms with Crippen LogP contribution in [-0.2, 0) is 9.84 Å². The van der Waals surface area contributed by atoms with E-state index in [0.717, 1.165) is 18.4 Å². The zero-order valence-electron chi connectivity index (χ0n) is 20.8. The van der Waals surface area contributed by atoms with Crippen molar-refractivity contribution in [3.05, 3.63) is 24.1 Å². The average molecular weight is 516 g/mol. The van der Waals surface area contributed by atoms with Gasteiger partial charge in [-0.2, -0.15) is 0 Å². The molecule has 2 aliphatic heterocycles. The highest BCUT2D eigenvalue weighted by molar-refractivity contribution is 7.91. The Hall–Kier alpha value is -2.92. The van der Waals surface area contributed by atoms with Gasteiger partial charge in [-0.1, -0.05) is 0 Å². The van der Waals surface area contributed by atoms with Crippen molar-refractivity contribution < 1.29 is 22.3 Å². The van der Waals surface area contributed by atoms with Crippen molar-refractivity contribution in [2.75, 3.05) is 50.2 Å². The second-order valence-electron chi connectivity index (χ2n) is 9.51. The van der Waals surface area contributed by atoms with Crippen LogP contribution >= 0.6 is 0 Å². The molecule has 36 heavy (non-hydrogen) atoms. The van der Waals surface area contributed by atoms with Crippen LogP contribution in [0.3, 0.4) is 0 Å². The van der Waals surface area contributed by atoms with Gasteiger partial charge in [-0.15, -0.1) is 0 Å². The minimum atomic E-state index is -2.97. The standard InChI is InChI=1S/C25H33N5O5S/c1-17-16-26-25(35-17)24-28-20-15-22(34-11-5-10-30-8-3-4-9-30)21(33-2)14-19(20)23(29-24)27-18-6-12-36(31,32)13-7-18/h14-16,18H,3-13H2,1-2H3,(H,27,28,29). The van der Waals surface area contributed by atoms with Gasteiger partial charge >= 0.3 is 0 Å². The predicted octanol–water partition coefficient (Wildman–Crippen LogP) is 3.46. The Labute approximate surface area is 211 Å². The van der Waals surface area contributed by atoms with Crippen LogP contribution in [0.4, 0.5) is 5.82 Å². The number of hydrogen-bond donors (Lipinski definition) is 1. The van der Waals surface area contributed by atoms with E-state index in [-0.39, 0.29) is 17.5 Å². The summed E-state index contributed by atoms with van der Waals surface area (Å²) in [5.74, 6) is 3.48. The summed E-state index contributed by atoms with van der Waals surface area (Å²) in [5, 5.41) is 4.21. The maximum absolute atomic E-state index is 11.9. The lowest BCUT2D eigenvalue weighted by atomic mass is 10.1. The summed E-state index contributed by atoms with van der Waals surface area (Å²) in [7, 11) is -1.36. The molecule has 0 atom stereocenters. The van der Waals surface area contributed by atoms with Crippen LogP contribution in [0.25, 0.3) is 22.6 Å². The lowest BCUT2D eigenvalue weighted by Crippen LogP contribution is -2.32. The number of hydrogen-bond acceptors (Lipinski definition) is 10. The van der Waals surface area contributed by atoms with Gasteiger partial charge in [0, 0.05) is 24.0 Å². The fourth-order valence-electron chi connectivity index (χ4n) is 4.78. The molecule has 0 saturated carbocycles. The fourth-order valence-corrected chi connectivity index (χ4v) is 6.27. The van der Waals surface area contributed by atoms with E-state index in [1.165, 1.54) is 25.9 Å². The molecule has 2 aliphatic rings. The first kappa shape index (κ1) is 24.8. The van der Waals surface area contributed by atoms with Crippen molar-refractivity contribution in [2.45, 2.75) is 45.1 Å². The topological polar surface area (TPSA) is 120 Å². The lowest BCUT2D eigenvalue weighted by Gasteiger charge is -2.24. The number of ether oxygens (including phenoxy) is 2. The van der Waals surface area contributed by atoms with Crippen molar-refractivity contribution in [2.24, 2.45) is 0 Å². The van der Waals surface area contributed by atoms with Crippen molar-refractivity contribution >= 4 is 26.6 Å². The normalized spacial score (nSPS) is 18.5. The Kier molecular flexibility index (Phi) is 7.29. The maximum Gasteiger partial charge on any atom is 0.265 e. The molecule has 10 nitrogen and oxygen atoms in total. The quantitative estimate of drug-likeness (QED) is 0.424. The number of benzene rings is 1. The summed E-state index contributed by atoms with van der Waals surface area (Å²) in [5.41, 5.74) is 0.664. The van der Waals surface area contributed by atoms with Gasteiger partial charge in [-0.05, 0) is 58.2 Å². The van der Waals surface area contributed by atoms with E-state index in [1.54, 1.807) is 13.3 Å². The predicted molar refractivity (Wildman–Crippen MR) is 137 cm³/mol. The summed E-state index contributed by atoms with van der Waals surface area (Å²) >= 11 is 0. The molecule has 1 N–H and O–H groups in total. The first-order valence-corrected chi connectivity index (χ1v) is 14.4. The molecule has 0 amide bonds. The van der Waals surface area contributed by atoms with E-state index >= 15 is 0 Å². The van der Waals surface area contributed by atoms with Crippen molar-refractivity contribution in [1.29, 1.82) is 0 Å². The Morgan fingerprint density at radius 1 is 1.14 bits per heavy atom. The fraction of sp³-hybridized carbons (Fsp3) is 0.560. The van der Waals surface area contributed by atoms with Crippen LogP contribution < -0.4 is 14.8 Å². The maximum atomic E-state index is 11.9. The zero-order chi connectivity index (χ0) is 25.1. The molecule has 0 bridgehead atoms. The summed E-state index contributed by atoms with van der Waals surface area (Å²) in [6.07, 6.45) is 6.17. The molecule has 3 aromatic rings. The molecule has 0 spiro atoms. The number of rotatable bonds is 9. The lowest BCUT2D eigenvalue weighted by molar-refractivity contribution is 0.254. The molecule has 5 rings (SSSR count). The minimum absolute atomic E-state index is 0.0155. The Morgan fingerprint density at radius 2 is 1.92 bits per heavy atom. The highest BCUT2D eigenvalue weighted by Gasteiger charge is 2.25. The van der Waals surface area contributed by atoms with Crippen LogP contribution in [0.2, 0.25) is 0 Å². The summed E-state index contributed by atoms with van der Waals surface area (Å²) in [6.45, 7) is 5.76. The van der Waals surface area contributed by atoms with Gasteiger partial charge in [-0.3, -0.25) is 0 Å². The molecular weight excluding hydrogens is 482 g/mol. The molecule has 194 valence electrons. The number of nitrogens with one attached hydrogen (secondary N) is 1. The third-order valence-electron chi connectivity index (χ3n) is 6.76. The number of fused-ring (bicyclic) bond motifs is 1. The number of aryl methyl sites for hydroxylation is 1. The molecule has 0 radical (unpaired) electrons. The second-order valence-corrected chi connectivity index (χ2v) is 11.8. The highest BCUT2D eigenvalue weighted by Crippen LogP contribution is 2.36. The average Bonchev–Trinajstić information content (AvgIpc) is 3.54. The first-order chi connectivity index (χ1) is 17.4. The molecule has 4 heterocycles. The Balaban J connectivity index is 1.43. The number of sulfone groups is 1. The molecule has 2 saturated heterocycles. The number of methoxy groups -OCH3 is 1. The van der Waals surface area contributed by atoms with Crippen molar-refractivity contribution in [1.82, 2.24) is 19.9 Å². The van der Waals surface area contributed by atoms with Gasteiger partial charge in [0.05, 0.1) is 36.9 Å². The highest BCUT2D eigenvalue weighted by atomic mass is 32.2. The first-order valence-electron chi connectivity index (χ1n) is 12.5. The second kappa shape index (κ2) is 10.6. The molecule has 11 heteroatoms. The van der Waals surface area contributed by atoms with Crippen molar-refractivity contribution in [3.63, 3.8) is 0 Å². The number of likely N-dealkylation sites (tertiary alicyclic amines) is 1. The van der Waals surface area contributed by atoms with E-state index in [2.05, 4.69) is 15.2 Å². The van der Waals surface area contributed by atoms with Gasteiger partial charge in [0.15, 0.2) is 11.5 Å². The van der Waals surface area contributed by atoms with Gasteiger partial charge in [-0.25, -0.2) is 23.4 Å². The van der Waals surface area contributed by atoms with Gasteiger partial charge < -0.3 is 24.1 Å². The third-order valence-corrected chi connectivity index (χ3v) is 8.48. The largest absolute Gasteiger partial charge is 0.493 e. The Bertz CT molecular complexity index is 1310. The molecule has 2 aromatic heterocycles. The Morgan fingerprint density at radius 3 is 2.61 bits per heavy atom. The van der Waals surface area contributed by atoms with E-state index in [1.807, 2.05) is 19.1 Å². The van der Waals surface area contributed by atoms with Crippen LogP contribution in [0.1, 0.15) is 37.9 Å².